The molecule has 2 rings (SSSR count). The molecule has 1 aromatic heterocycles. The maximum Gasteiger partial charge on any atom is 0.214 e. The van der Waals surface area contributed by atoms with Crippen LogP contribution in [0.5, 0.6) is 5.88 Å². The van der Waals surface area contributed by atoms with Gasteiger partial charge in [-0.25, -0.2) is 4.98 Å². The highest BCUT2D eigenvalue weighted by atomic mass is 16.5. The van der Waals surface area contributed by atoms with Crippen LogP contribution in [0.3, 0.4) is 0 Å². The van der Waals surface area contributed by atoms with Gasteiger partial charge < -0.3 is 10.1 Å². The van der Waals surface area contributed by atoms with E-state index in [0.717, 1.165) is 25.0 Å². The highest BCUT2D eigenvalue weighted by Gasteiger charge is 2.14. The molecular formula is C17H24N2O. The van der Waals surface area contributed by atoms with Crippen LogP contribution in [0, 0.1) is 0 Å². The van der Waals surface area contributed by atoms with E-state index >= 15 is 0 Å². The van der Waals surface area contributed by atoms with Gasteiger partial charge in [0.15, 0.2) is 0 Å². The normalized spacial score (nSPS) is 11.8. The summed E-state index contributed by atoms with van der Waals surface area (Å²) in [5, 5.41) is 4.64. The molecule has 1 aromatic carbocycles. The zero-order valence-corrected chi connectivity index (χ0v) is 12.9. The Bertz CT molecular complexity index is 573. The molecule has 0 aliphatic carbocycles. The fourth-order valence-electron chi connectivity index (χ4n) is 2.13. The molecule has 1 N–H and O–H groups in total. The van der Waals surface area contributed by atoms with E-state index in [0.29, 0.717) is 5.88 Å². The average molecular weight is 272 g/mol. The molecule has 0 aliphatic rings. The van der Waals surface area contributed by atoms with E-state index < -0.39 is 0 Å². The Balaban J connectivity index is 2.36. The van der Waals surface area contributed by atoms with E-state index in [1.54, 1.807) is 0 Å². The SMILES string of the molecule is CCCNCc1cc(OC(C)(C)C)nc2ccccc12. The first-order valence-corrected chi connectivity index (χ1v) is 7.28. The molecule has 0 radical (unpaired) electrons. The van der Waals surface area contributed by atoms with E-state index in [2.05, 4.69) is 35.4 Å². The second kappa shape index (κ2) is 6.23. The zero-order valence-electron chi connectivity index (χ0n) is 12.9. The summed E-state index contributed by atoms with van der Waals surface area (Å²) < 4.78 is 5.92. The molecule has 108 valence electrons. The first-order valence-electron chi connectivity index (χ1n) is 7.28. The smallest absolute Gasteiger partial charge is 0.214 e. The van der Waals surface area contributed by atoms with Gasteiger partial charge in [-0.1, -0.05) is 25.1 Å². The quantitative estimate of drug-likeness (QED) is 0.838. The molecule has 1 heterocycles. The predicted octanol–water partition coefficient (Wildman–Crippen LogP) is 3.91. The van der Waals surface area contributed by atoms with Gasteiger partial charge in [0.1, 0.15) is 5.60 Å². The van der Waals surface area contributed by atoms with Crippen LogP contribution in [-0.2, 0) is 6.54 Å². The molecule has 3 heteroatoms. The zero-order chi connectivity index (χ0) is 14.6. The van der Waals surface area contributed by atoms with Crippen LogP contribution in [0.25, 0.3) is 10.9 Å². The number of nitrogens with one attached hydrogen (secondary N) is 1. The number of pyridine rings is 1. The van der Waals surface area contributed by atoms with Gasteiger partial charge in [0.25, 0.3) is 0 Å². The summed E-state index contributed by atoms with van der Waals surface area (Å²) in [7, 11) is 0. The van der Waals surface area contributed by atoms with Crippen LogP contribution < -0.4 is 10.1 Å². The molecular weight excluding hydrogens is 248 g/mol. The van der Waals surface area contributed by atoms with Crippen LogP contribution >= 0.6 is 0 Å². The maximum absolute atomic E-state index is 5.92. The van der Waals surface area contributed by atoms with Crippen molar-refractivity contribution in [2.45, 2.75) is 46.3 Å². The Morgan fingerprint density at radius 3 is 2.65 bits per heavy atom. The van der Waals surface area contributed by atoms with Crippen molar-refractivity contribution in [3.05, 3.63) is 35.9 Å². The van der Waals surface area contributed by atoms with Crippen LogP contribution in [0.4, 0.5) is 0 Å². The number of ether oxygens (including phenoxy) is 1. The standard InChI is InChI=1S/C17H24N2O/c1-5-10-18-12-13-11-16(20-17(2,3)4)19-15-9-7-6-8-14(13)15/h6-9,11,18H,5,10,12H2,1-4H3. The van der Waals surface area contributed by atoms with Gasteiger partial charge in [0, 0.05) is 18.0 Å². The Morgan fingerprint density at radius 2 is 1.95 bits per heavy atom. The van der Waals surface area contributed by atoms with Gasteiger partial charge in [0.2, 0.25) is 5.88 Å². The third kappa shape index (κ3) is 3.94. The number of hydrogen-bond donors (Lipinski definition) is 1. The lowest BCUT2D eigenvalue weighted by molar-refractivity contribution is 0.124. The number of nitrogens with zero attached hydrogens (tertiary/aromatic N) is 1. The predicted molar refractivity (Wildman–Crippen MR) is 84.1 cm³/mol. The van der Waals surface area contributed by atoms with E-state index in [-0.39, 0.29) is 5.60 Å². The van der Waals surface area contributed by atoms with Gasteiger partial charge in [-0.15, -0.1) is 0 Å². The number of hydrogen-bond acceptors (Lipinski definition) is 3. The highest BCUT2D eigenvalue weighted by molar-refractivity contribution is 5.82. The summed E-state index contributed by atoms with van der Waals surface area (Å²) in [6.07, 6.45) is 1.13. The first-order chi connectivity index (χ1) is 9.49. The van der Waals surface area contributed by atoms with Crippen molar-refractivity contribution in [1.82, 2.24) is 10.3 Å². The van der Waals surface area contributed by atoms with Gasteiger partial charge in [-0.2, -0.15) is 0 Å². The third-order valence-corrected chi connectivity index (χ3v) is 2.93. The van der Waals surface area contributed by atoms with Crippen molar-refractivity contribution in [2.24, 2.45) is 0 Å². The third-order valence-electron chi connectivity index (χ3n) is 2.93. The van der Waals surface area contributed by atoms with Crippen molar-refractivity contribution >= 4 is 10.9 Å². The number of aromatic nitrogens is 1. The maximum atomic E-state index is 5.92. The average Bonchev–Trinajstić information content (AvgIpc) is 2.37. The van der Waals surface area contributed by atoms with Crippen molar-refractivity contribution in [2.75, 3.05) is 6.54 Å². The molecule has 2 aromatic rings. The second-order valence-electron chi connectivity index (χ2n) is 6.03. The van der Waals surface area contributed by atoms with E-state index in [1.807, 2.05) is 32.9 Å². The Kier molecular flexibility index (Phi) is 4.61. The number of para-hydroxylation sites is 1. The molecule has 3 nitrogen and oxygen atoms in total. The minimum absolute atomic E-state index is 0.233. The van der Waals surface area contributed by atoms with Gasteiger partial charge in [-0.3, -0.25) is 0 Å². The van der Waals surface area contributed by atoms with Crippen LogP contribution in [0.15, 0.2) is 30.3 Å². The summed E-state index contributed by atoms with van der Waals surface area (Å²) in [6.45, 7) is 10.2. The second-order valence-corrected chi connectivity index (χ2v) is 6.03. The van der Waals surface area contributed by atoms with Crippen molar-refractivity contribution in [1.29, 1.82) is 0 Å². The summed E-state index contributed by atoms with van der Waals surface area (Å²) in [6, 6.07) is 10.3. The molecule has 0 atom stereocenters. The number of benzene rings is 1. The molecule has 0 spiro atoms. The molecule has 0 saturated carbocycles. The topological polar surface area (TPSA) is 34.1 Å². The van der Waals surface area contributed by atoms with Gasteiger partial charge in [0.05, 0.1) is 5.52 Å². The minimum Gasteiger partial charge on any atom is -0.472 e. The largest absolute Gasteiger partial charge is 0.472 e. The van der Waals surface area contributed by atoms with Crippen LogP contribution in [-0.4, -0.2) is 17.1 Å². The minimum atomic E-state index is -0.233. The highest BCUT2D eigenvalue weighted by Crippen LogP contribution is 2.24. The lowest BCUT2D eigenvalue weighted by Crippen LogP contribution is -2.24. The van der Waals surface area contributed by atoms with E-state index in [4.69, 9.17) is 4.74 Å². The molecule has 0 saturated heterocycles. The first kappa shape index (κ1) is 14.8. The lowest BCUT2D eigenvalue weighted by Gasteiger charge is -2.21. The van der Waals surface area contributed by atoms with Gasteiger partial charge >= 0.3 is 0 Å². The Hall–Kier alpha value is -1.61. The summed E-state index contributed by atoms with van der Waals surface area (Å²) in [4.78, 5) is 4.60. The molecule has 0 fully saturated rings. The number of fused-ring (bicyclic) bond motifs is 1. The lowest BCUT2D eigenvalue weighted by atomic mass is 10.1. The molecule has 0 bridgehead atoms. The Labute approximate surface area is 121 Å². The fraction of sp³-hybridized carbons (Fsp3) is 0.471. The van der Waals surface area contributed by atoms with Crippen molar-refractivity contribution < 1.29 is 4.74 Å². The summed E-state index contributed by atoms with van der Waals surface area (Å²) in [5.41, 5.74) is 2.00. The fourth-order valence-corrected chi connectivity index (χ4v) is 2.13. The molecule has 0 amide bonds. The molecule has 0 aliphatic heterocycles. The van der Waals surface area contributed by atoms with Crippen molar-refractivity contribution in [3.8, 4) is 5.88 Å². The molecule has 20 heavy (non-hydrogen) atoms. The van der Waals surface area contributed by atoms with Gasteiger partial charge in [-0.05, 0) is 45.4 Å². The Morgan fingerprint density at radius 1 is 1.20 bits per heavy atom. The van der Waals surface area contributed by atoms with Crippen LogP contribution in [0.1, 0.15) is 39.7 Å². The monoisotopic (exact) mass is 272 g/mol. The number of rotatable bonds is 5. The van der Waals surface area contributed by atoms with E-state index in [9.17, 15) is 0 Å². The van der Waals surface area contributed by atoms with E-state index in [1.165, 1.54) is 10.9 Å². The van der Waals surface area contributed by atoms with Crippen LogP contribution in [0.2, 0.25) is 0 Å². The molecule has 0 unspecified atom stereocenters. The summed E-state index contributed by atoms with van der Waals surface area (Å²) >= 11 is 0. The van der Waals surface area contributed by atoms with Crippen molar-refractivity contribution in [3.63, 3.8) is 0 Å². The summed E-state index contributed by atoms with van der Waals surface area (Å²) in [5.74, 6) is 0.699.